The molecule has 7 unspecified atom stereocenters. The van der Waals surface area contributed by atoms with Crippen LogP contribution in [0.25, 0.3) is 0 Å². The number of likely N-dealkylation sites (tertiary alicyclic amines) is 7. The average Bonchev–Trinajstić information content (AvgIpc) is 1.80. The molecule has 1 N–H and O–H groups in total. The summed E-state index contributed by atoms with van der Waals surface area (Å²) >= 11 is 0. The van der Waals surface area contributed by atoms with Crippen molar-refractivity contribution in [1.82, 2.24) is 39.2 Å². The maximum absolute atomic E-state index is 11.6. The smallest absolute Gasteiger partial charge is 0.310 e. The normalized spacial score (nSPS) is 22.3. The van der Waals surface area contributed by atoms with E-state index in [9.17, 15) is 67.1 Å². The van der Waals surface area contributed by atoms with Crippen LogP contribution in [0, 0.1) is 41.4 Å². The monoisotopic (exact) mass is 1330 g/mol. The summed E-state index contributed by atoms with van der Waals surface area (Å²) in [5.41, 5.74) is -0.208. The molecule has 7 amide bonds. The summed E-state index contributed by atoms with van der Waals surface area (Å²) in [5, 5.41) is 8.62. The summed E-state index contributed by atoms with van der Waals surface area (Å²) < 4.78 is 37.0. The molecular formula is C62H104N8O23. The van der Waals surface area contributed by atoms with E-state index in [0.29, 0.717) is 104 Å². The summed E-state index contributed by atoms with van der Waals surface area (Å²) in [4.78, 5) is 171. The summed E-state index contributed by atoms with van der Waals surface area (Å²) in [6.45, 7) is 18.7. The number of ether oxygens (including phenoxy) is 8. The van der Waals surface area contributed by atoms with Crippen LogP contribution in [0.1, 0.15) is 92.9 Å². The van der Waals surface area contributed by atoms with Crippen molar-refractivity contribution in [3.63, 3.8) is 0 Å². The maximum atomic E-state index is 11.6. The highest BCUT2D eigenvalue weighted by Gasteiger charge is 2.42. The number of nitrogens with zero attached hydrogens (tertiary/aromatic N) is 8. The predicted molar refractivity (Wildman–Crippen MR) is 331 cm³/mol. The molecule has 31 nitrogen and oxygen atoms in total. The molecule has 0 bridgehead atoms. The Morgan fingerprint density at radius 3 is 1.05 bits per heavy atom. The first kappa shape index (κ1) is 83.5. The lowest BCUT2D eigenvalue weighted by Gasteiger charge is -2.31. The zero-order chi connectivity index (χ0) is 71.0. The lowest BCUT2D eigenvalue weighted by molar-refractivity contribution is -0.146. The van der Waals surface area contributed by atoms with Gasteiger partial charge in [-0.3, -0.25) is 67.1 Å². The number of aliphatic hydroxyl groups is 1. The van der Waals surface area contributed by atoms with Crippen molar-refractivity contribution < 1.29 is 110 Å². The number of esters is 7. The van der Waals surface area contributed by atoms with Gasteiger partial charge in [-0.2, -0.15) is 0 Å². The van der Waals surface area contributed by atoms with E-state index in [2.05, 4.69) is 33.2 Å². The zero-order valence-electron chi connectivity index (χ0n) is 57.7. The first-order valence-electron chi connectivity index (χ1n) is 30.9. The minimum Gasteiger partial charge on any atom is -0.469 e. The van der Waals surface area contributed by atoms with E-state index >= 15 is 0 Å². The van der Waals surface area contributed by atoms with Crippen molar-refractivity contribution >= 4 is 83.1 Å². The summed E-state index contributed by atoms with van der Waals surface area (Å²) in [7, 11) is 16.6. The molecular weight excluding hydrogens is 1220 g/mol. The number of hydrogen-bond acceptors (Lipinski definition) is 24. The lowest BCUT2D eigenvalue weighted by Crippen LogP contribution is -2.42. The first-order valence-corrected chi connectivity index (χ1v) is 30.9. The van der Waals surface area contributed by atoms with Crippen molar-refractivity contribution in [2.24, 2.45) is 41.4 Å². The molecule has 31 heteroatoms. The molecule has 0 spiro atoms. The van der Waals surface area contributed by atoms with Gasteiger partial charge in [-0.15, -0.1) is 0 Å². The summed E-state index contributed by atoms with van der Waals surface area (Å²) in [5.74, 6) is -3.90. The van der Waals surface area contributed by atoms with E-state index in [1.54, 1.807) is 43.6 Å². The number of likely N-dealkylation sites (N-methyl/N-ethyl adjacent to an activating group) is 1. The predicted octanol–water partition coefficient (Wildman–Crippen LogP) is -0.498. The number of amides is 7. The lowest BCUT2D eigenvalue weighted by atomic mass is 10.1. The van der Waals surface area contributed by atoms with Gasteiger partial charge in [0.05, 0.1) is 97.8 Å². The second-order valence-corrected chi connectivity index (χ2v) is 24.4. The van der Waals surface area contributed by atoms with E-state index in [0.717, 1.165) is 13.0 Å². The molecule has 7 heterocycles. The first-order chi connectivity index (χ1) is 43.7. The van der Waals surface area contributed by atoms with Gasteiger partial charge in [0.2, 0.25) is 41.4 Å². The Kier molecular flexibility index (Phi) is 37.6. The van der Waals surface area contributed by atoms with Gasteiger partial charge < -0.3 is 82.2 Å². The number of hydrogen-bond donors (Lipinski definition) is 1. The fourth-order valence-electron chi connectivity index (χ4n) is 10.6. The SMILES string of the molecule is CCN1CC(C(=O)OC)CC1=O.COC(=O)C1CC(=O)N(C(C)(C)C)C1.COC(=O)C1CC(=O)N(C(C)C)C1.COC(=O)C1CC(=O)N(C)C1.COC(=O)C1CC(=O)N(CCN(C)C)C1.COC(=O)C1CC(=O)N(CCO)C1.COCCCN1CC(C(=O)OC)CC1=O. The third-order valence-corrected chi connectivity index (χ3v) is 16.0. The van der Waals surface area contributed by atoms with E-state index < -0.39 is 0 Å². The number of aliphatic hydroxyl groups excluding tert-OH is 1. The molecule has 7 aliphatic rings. The number of carbonyl (C=O) groups excluding carboxylic acids is 14. The van der Waals surface area contributed by atoms with Crippen molar-refractivity contribution in [3.8, 4) is 0 Å². The third-order valence-electron chi connectivity index (χ3n) is 16.0. The molecule has 0 aromatic rings. The average molecular weight is 1330 g/mol. The zero-order valence-corrected chi connectivity index (χ0v) is 57.7. The number of rotatable bonds is 18. The maximum Gasteiger partial charge on any atom is 0.310 e. The van der Waals surface area contributed by atoms with Crippen LogP contribution >= 0.6 is 0 Å². The van der Waals surface area contributed by atoms with Crippen LogP contribution in [0.4, 0.5) is 0 Å². The number of methoxy groups -OCH3 is 8. The molecule has 7 atom stereocenters. The van der Waals surface area contributed by atoms with E-state index in [1.807, 2.05) is 60.5 Å². The standard InChI is InChI=1S/C10H18N2O3.C10H17NO4.C10H17NO3.C9H15NO3.C8H13NO4.C8H13NO3.C7H11NO3/c1-11(2)4-5-12-7-8(6-9(12)13)10(14)15-3;1-14-5-3-4-11-7-8(6-9(11)12)10(13)15-2;1-10(2,3)11-6-7(5-8(11)12)9(13)14-4;1-6(2)10-5-7(4-8(10)11)9(12)13-3;1-13-8(12)6-4-7(11)9(5-6)2-3-10;1-3-9-5-6(4-7(9)10)8(11)12-2;1-8-4-5(3-6(8)9)7(10)11-2/h8H,4-7H2,1-3H3;8H,3-7H2,1-2H3;7H,5-6H2,1-4H3;6-7H,4-5H2,1-3H3;6,10H,2-5H2,1H3;6H,3-5H2,1-2H3;5H,3-4H2,1-2H3. The van der Waals surface area contributed by atoms with Gasteiger partial charge in [-0.1, -0.05) is 0 Å². The number of β-amino-alcohol motifs (C(OH)–C–C–N with tert-alkyl or cyclic N) is 1. The minimum atomic E-state index is -0.357. The largest absolute Gasteiger partial charge is 0.469 e. The number of carbonyl (C=O) groups is 14. The van der Waals surface area contributed by atoms with Crippen LogP contribution in [-0.4, -0.2) is 309 Å². The Morgan fingerprint density at radius 2 is 0.763 bits per heavy atom. The van der Waals surface area contributed by atoms with Crippen LogP contribution < -0.4 is 0 Å². The van der Waals surface area contributed by atoms with Crippen LogP contribution in [0.3, 0.4) is 0 Å². The van der Waals surface area contributed by atoms with Gasteiger partial charge >= 0.3 is 41.8 Å². The highest BCUT2D eigenvalue weighted by atomic mass is 16.5. The van der Waals surface area contributed by atoms with Gasteiger partial charge in [0, 0.05) is 156 Å². The van der Waals surface area contributed by atoms with E-state index in [1.165, 1.54) is 54.7 Å². The van der Waals surface area contributed by atoms with Crippen LogP contribution in [0.2, 0.25) is 0 Å². The Hall–Kier alpha value is -7.54. The van der Waals surface area contributed by atoms with Crippen molar-refractivity contribution in [1.29, 1.82) is 0 Å². The Morgan fingerprint density at radius 1 is 0.452 bits per heavy atom. The second kappa shape index (κ2) is 41.9. The van der Waals surface area contributed by atoms with Gasteiger partial charge in [0.15, 0.2) is 0 Å². The van der Waals surface area contributed by atoms with Crippen LogP contribution in [0.15, 0.2) is 0 Å². The Bertz CT molecular complexity index is 2520. The van der Waals surface area contributed by atoms with Crippen molar-refractivity contribution in [3.05, 3.63) is 0 Å². The quantitative estimate of drug-likeness (QED) is 0.103. The van der Waals surface area contributed by atoms with Crippen LogP contribution in [-0.2, 0) is 105 Å². The fraction of sp³-hybridized carbons (Fsp3) is 0.774. The molecule has 7 fully saturated rings. The van der Waals surface area contributed by atoms with Gasteiger partial charge in [0.1, 0.15) is 0 Å². The topological polar surface area (TPSA) is 359 Å². The van der Waals surface area contributed by atoms with Crippen molar-refractivity contribution in [2.75, 3.05) is 170 Å². The van der Waals surface area contributed by atoms with Crippen LogP contribution in [0.5, 0.6) is 0 Å². The second-order valence-electron chi connectivity index (χ2n) is 24.4. The minimum absolute atomic E-state index is 0.0143. The molecule has 7 rings (SSSR count). The summed E-state index contributed by atoms with van der Waals surface area (Å²) in [6, 6.07) is 0.169. The molecule has 0 aliphatic carbocycles. The van der Waals surface area contributed by atoms with Gasteiger partial charge in [-0.05, 0) is 62.1 Å². The molecule has 0 radical (unpaired) electrons. The molecule has 0 aromatic heterocycles. The van der Waals surface area contributed by atoms with E-state index in [4.69, 9.17) is 9.84 Å². The fourth-order valence-corrected chi connectivity index (χ4v) is 10.6. The highest BCUT2D eigenvalue weighted by Crippen LogP contribution is 2.27. The van der Waals surface area contributed by atoms with Gasteiger partial charge in [-0.25, -0.2) is 0 Å². The molecule has 93 heavy (non-hydrogen) atoms. The van der Waals surface area contributed by atoms with Crippen molar-refractivity contribution in [2.45, 2.75) is 104 Å². The summed E-state index contributed by atoms with van der Waals surface area (Å²) in [6.07, 6.45) is 2.75. The molecule has 0 aromatic carbocycles. The molecule has 530 valence electrons. The highest BCUT2D eigenvalue weighted by molar-refractivity contribution is 5.90. The Labute approximate surface area is 546 Å². The van der Waals surface area contributed by atoms with Gasteiger partial charge in [0.25, 0.3) is 0 Å². The molecule has 7 aliphatic heterocycles. The molecule has 7 saturated heterocycles. The van der Waals surface area contributed by atoms with E-state index in [-0.39, 0.29) is 162 Å². The molecule has 0 saturated carbocycles. The third kappa shape index (κ3) is 27.9. The Balaban J connectivity index is 0.000000544.